The summed E-state index contributed by atoms with van der Waals surface area (Å²) in [4.78, 5) is 24.2. The third-order valence-corrected chi connectivity index (χ3v) is 5.15. The fourth-order valence-electron chi connectivity index (χ4n) is 2.62. The number of tetrazole rings is 1. The van der Waals surface area contributed by atoms with Gasteiger partial charge in [-0.05, 0) is 35.8 Å². The lowest BCUT2D eigenvalue weighted by atomic mass is 10.2. The molecule has 0 spiro atoms. The van der Waals surface area contributed by atoms with Crippen LogP contribution in [0.5, 0.6) is 0 Å². The molecule has 10 heteroatoms. The summed E-state index contributed by atoms with van der Waals surface area (Å²) in [5.41, 5.74) is 0.954. The van der Waals surface area contributed by atoms with E-state index in [1.165, 1.54) is 11.8 Å². The van der Waals surface area contributed by atoms with Crippen molar-refractivity contribution in [2.45, 2.75) is 49.4 Å². The van der Waals surface area contributed by atoms with Gasteiger partial charge < -0.3 is 10.1 Å². The number of ether oxygens (including phenoxy) is 1. The predicted octanol–water partition coefficient (Wildman–Crippen LogP) is 1.36. The number of aromatic nitrogens is 4. The Morgan fingerprint density at radius 3 is 2.93 bits per heavy atom. The first-order valence-electron chi connectivity index (χ1n) is 8.79. The minimum absolute atomic E-state index is 0.0979. The van der Waals surface area contributed by atoms with Gasteiger partial charge in [0.05, 0.1) is 17.9 Å². The van der Waals surface area contributed by atoms with E-state index in [0.717, 1.165) is 25.0 Å². The fourth-order valence-corrected chi connectivity index (χ4v) is 3.42. The Balaban J connectivity index is 1.46. The number of imide groups is 1. The Kier molecular flexibility index (Phi) is 6.77. The van der Waals surface area contributed by atoms with E-state index in [2.05, 4.69) is 26.2 Å². The second-order valence-corrected chi connectivity index (χ2v) is 7.50. The third kappa shape index (κ3) is 5.76. The summed E-state index contributed by atoms with van der Waals surface area (Å²) in [7, 11) is 0. The van der Waals surface area contributed by atoms with E-state index in [9.17, 15) is 9.59 Å². The summed E-state index contributed by atoms with van der Waals surface area (Å²) < 4.78 is 7.23. The van der Waals surface area contributed by atoms with Gasteiger partial charge in [0.2, 0.25) is 11.1 Å². The Bertz CT molecular complexity index is 763. The Morgan fingerprint density at radius 1 is 1.37 bits per heavy atom. The standard InChI is InChI=1S/C17H22N6O3S/c1-12(15(24)19-16(25)18-10-13-6-3-2-4-7-13)27-17-20-21-22-23(17)11-14-8-5-9-26-14/h2-4,6-7,12,14H,5,8-11H2,1H3,(H2,18,19,24,25). The highest BCUT2D eigenvalue weighted by Gasteiger charge is 2.23. The molecular formula is C17H22N6O3S. The number of rotatable bonds is 7. The van der Waals surface area contributed by atoms with E-state index >= 15 is 0 Å². The quantitative estimate of drug-likeness (QED) is 0.687. The highest BCUT2D eigenvalue weighted by atomic mass is 32.2. The van der Waals surface area contributed by atoms with Crippen molar-refractivity contribution in [3.8, 4) is 0 Å². The highest BCUT2D eigenvalue weighted by Crippen LogP contribution is 2.22. The summed E-state index contributed by atoms with van der Waals surface area (Å²) in [5, 5.41) is 16.6. The van der Waals surface area contributed by atoms with E-state index in [4.69, 9.17) is 4.74 Å². The number of nitrogens with one attached hydrogen (secondary N) is 2. The maximum absolute atomic E-state index is 12.3. The number of carbonyl (C=O) groups excluding carboxylic acids is 2. The van der Waals surface area contributed by atoms with Crippen molar-refractivity contribution < 1.29 is 14.3 Å². The largest absolute Gasteiger partial charge is 0.376 e. The molecule has 1 fully saturated rings. The minimum Gasteiger partial charge on any atom is -0.376 e. The van der Waals surface area contributed by atoms with Gasteiger partial charge in [-0.2, -0.15) is 0 Å². The average molecular weight is 390 g/mol. The molecule has 0 bridgehead atoms. The highest BCUT2D eigenvalue weighted by molar-refractivity contribution is 8.00. The van der Waals surface area contributed by atoms with Gasteiger partial charge in [0.25, 0.3) is 0 Å². The van der Waals surface area contributed by atoms with Crippen molar-refractivity contribution in [3.63, 3.8) is 0 Å². The van der Waals surface area contributed by atoms with Crippen molar-refractivity contribution in [3.05, 3.63) is 35.9 Å². The lowest BCUT2D eigenvalue weighted by Gasteiger charge is -2.13. The van der Waals surface area contributed by atoms with Crippen molar-refractivity contribution in [1.82, 2.24) is 30.8 Å². The molecule has 2 atom stereocenters. The zero-order valence-electron chi connectivity index (χ0n) is 15.0. The van der Waals surface area contributed by atoms with Gasteiger partial charge in [0.15, 0.2) is 0 Å². The van der Waals surface area contributed by atoms with Crippen LogP contribution in [0.25, 0.3) is 0 Å². The normalized spacial score (nSPS) is 17.4. The SMILES string of the molecule is CC(Sc1nnnn1CC1CCCO1)C(=O)NC(=O)NCc1ccccc1. The van der Waals surface area contributed by atoms with Gasteiger partial charge in [0.1, 0.15) is 0 Å². The molecule has 0 aliphatic carbocycles. The number of hydrogen-bond acceptors (Lipinski definition) is 7. The van der Waals surface area contributed by atoms with Gasteiger partial charge in [-0.15, -0.1) is 5.10 Å². The molecule has 2 aromatic rings. The molecule has 1 aromatic carbocycles. The molecule has 2 unspecified atom stereocenters. The molecule has 3 amide bonds. The van der Waals surface area contributed by atoms with Gasteiger partial charge in [-0.3, -0.25) is 10.1 Å². The monoisotopic (exact) mass is 390 g/mol. The minimum atomic E-state index is -0.532. The first kappa shape index (κ1) is 19.3. The Labute approximate surface area is 161 Å². The van der Waals surface area contributed by atoms with E-state index in [-0.39, 0.29) is 6.10 Å². The second-order valence-electron chi connectivity index (χ2n) is 6.20. The number of nitrogens with zero attached hydrogens (tertiary/aromatic N) is 4. The van der Waals surface area contributed by atoms with Crippen molar-refractivity contribution in [2.24, 2.45) is 0 Å². The number of hydrogen-bond donors (Lipinski definition) is 2. The van der Waals surface area contributed by atoms with E-state index in [1.54, 1.807) is 11.6 Å². The molecule has 27 heavy (non-hydrogen) atoms. The molecular weight excluding hydrogens is 368 g/mol. The van der Waals surface area contributed by atoms with Crippen LogP contribution < -0.4 is 10.6 Å². The van der Waals surface area contributed by atoms with Crippen LogP contribution in [0.2, 0.25) is 0 Å². The Hall–Kier alpha value is -2.46. The van der Waals surface area contributed by atoms with Crippen LogP contribution in [0.3, 0.4) is 0 Å². The molecule has 9 nitrogen and oxygen atoms in total. The summed E-state index contributed by atoms with van der Waals surface area (Å²) in [6.07, 6.45) is 2.11. The van der Waals surface area contributed by atoms with Crippen LogP contribution in [-0.2, 0) is 22.6 Å². The van der Waals surface area contributed by atoms with Crippen molar-refractivity contribution in [2.75, 3.05) is 6.61 Å². The van der Waals surface area contributed by atoms with E-state index < -0.39 is 17.2 Å². The number of benzene rings is 1. The van der Waals surface area contributed by atoms with Gasteiger partial charge in [-0.1, -0.05) is 42.1 Å². The summed E-state index contributed by atoms with van der Waals surface area (Å²) >= 11 is 1.20. The molecule has 1 saturated heterocycles. The molecule has 1 aliphatic heterocycles. The molecule has 2 N–H and O–H groups in total. The van der Waals surface area contributed by atoms with Gasteiger partial charge in [0, 0.05) is 13.2 Å². The smallest absolute Gasteiger partial charge is 0.321 e. The third-order valence-electron chi connectivity index (χ3n) is 4.08. The zero-order valence-corrected chi connectivity index (χ0v) is 15.8. The van der Waals surface area contributed by atoms with Crippen LogP contribution in [0.15, 0.2) is 35.5 Å². The molecule has 144 valence electrons. The topological polar surface area (TPSA) is 111 Å². The van der Waals surface area contributed by atoms with Crippen molar-refractivity contribution in [1.29, 1.82) is 0 Å². The molecule has 2 heterocycles. The lowest BCUT2D eigenvalue weighted by molar-refractivity contribution is -0.119. The summed E-state index contributed by atoms with van der Waals surface area (Å²) in [6, 6.07) is 8.94. The lowest BCUT2D eigenvalue weighted by Crippen LogP contribution is -2.42. The first-order valence-corrected chi connectivity index (χ1v) is 9.67. The average Bonchev–Trinajstić information content (AvgIpc) is 3.34. The number of carbonyl (C=O) groups is 2. The van der Waals surface area contributed by atoms with E-state index in [1.807, 2.05) is 30.3 Å². The van der Waals surface area contributed by atoms with Gasteiger partial charge in [-0.25, -0.2) is 9.48 Å². The zero-order chi connectivity index (χ0) is 19.1. The summed E-state index contributed by atoms with van der Waals surface area (Å²) in [5.74, 6) is -0.405. The molecule has 1 aromatic heterocycles. The number of amides is 3. The fraction of sp³-hybridized carbons (Fsp3) is 0.471. The van der Waals surface area contributed by atoms with Crippen LogP contribution in [0.1, 0.15) is 25.3 Å². The Morgan fingerprint density at radius 2 is 2.19 bits per heavy atom. The number of urea groups is 1. The summed E-state index contributed by atoms with van der Waals surface area (Å²) in [6.45, 7) is 3.37. The van der Waals surface area contributed by atoms with Crippen LogP contribution in [-0.4, -0.2) is 50.1 Å². The van der Waals surface area contributed by atoms with Crippen LogP contribution in [0.4, 0.5) is 4.79 Å². The van der Waals surface area contributed by atoms with Gasteiger partial charge >= 0.3 is 6.03 Å². The van der Waals surface area contributed by atoms with E-state index in [0.29, 0.717) is 18.2 Å². The second kappa shape index (κ2) is 9.47. The molecule has 0 radical (unpaired) electrons. The maximum Gasteiger partial charge on any atom is 0.321 e. The van der Waals surface area contributed by atoms with Crippen LogP contribution in [0, 0.1) is 0 Å². The molecule has 1 aliphatic rings. The molecule has 3 rings (SSSR count). The first-order chi connectivity index (χ1) is 13.1. The van der Waals surface area contributed by atoms with Crippen molar-refractivity contribution >= 4 is 23.7 Å². The molecule has 0 saturated carbocycles. The maximum atomic E-state index is 12.3. The predicted molar refractivity (Wildman–Crippen MR) is 98.9 cm³/mol. The number of thioether (sulfide) groups is 1. The van der Waals surface area contributed by atoms with Crippen LogP contribution >= 0.6 is 11.8 Å².